The van der Waals surface area contributed by atoms with E-state index < -0.39 is 11.9 Å². The van der Waals surface area contributed by atoms with Crippen LogP contribution in [0.25, 0.3) is 18.2 Å². The molecule has 0 bridgehead atoms. The first-order valence-electron chi connectivity index (χ1n) is 14.9. The van der Waals surface area contributed by atoms with Gasteiger partial charge in [-0.05, 0) is 72.9 Å². The van der Waals surface area contributed by atoms with E-state index in [1.54, 1.807) is 6.08 Å². The summed E-state index contributed by atoms with van der Waals surface area (Å²) in [7, 11) is 0. The third-order valence-corrected chi connectivity index (χ3v) is 10.0. The maximum Gasteiger partial charge on any atom is 0.307 e. The fourth-order valence-electron chi connectivity index (χ4n) is 6.35. The number of allylic oxidation sites excluding steroid dienone is 1. The van der Waals surface area contributed by atoms with E-state index in [1.807, 2.05) is 51.6 Å². The second kappa shape index (κ2) is 12.9. The first kappa shape index (κ1) is 32.0. The molecule has 3 aliphatic heterocycles. The molecule has 2 fully saturated rings. The van der Waals surface area contributed by atoms with Crippen LogP contribution in [0.5, 0.6) is 0 Å². The highest BCUT2D eigenvalue weighted by Crippen LogP contribution is 2.46. The Bertz CT molecular complexity index is 1790. The number of carbonyl (C=O) groups excluding carboxylic acids is 2. The van der Waals surface area contributed by atoms with Gasteiger partial charge in [0.2, 0.25) is 5.91 Å². The predicted molar refractivity (Wildman–Crippen MR) is 172 cm³/mol. The standard InChI is InChI=1S/C33H38N4O7S/c1-15-19(5-7-29(39)40)25(34-22(15)11-24-17(3)21(9-10-38)33(44)36-24)13-26-20(6-8-30(41)42)16(2)23(35-26)12-27-31(28-14-45-28)18(4)32(43)37-27/h5,9-10,12-13,18,24,28,31,34-35,38H,6-8,11,14H2,1-4H3,(H,36,44)(H,37,43)(H,39,40)(H,41,42)/b10-9+,19-5+,25-13-,27-12-/t18-,24-,28-,31-/m1/s1. The van der Waals surface area contributed by atoms with Gasteiger partial charge in [0.15, 0.2) is 0 Å². The van der Waals surface area contributed by atoms with Gasteiger partial charge in [0.05, 0.1) is 18.7 Å². The zero-order valence-electron chi connectivity index (χ0n) is 25.6. The highest BCUT2D eigenvalue weighted by atomic mass is 32.2. The van der Waals surface area contributed by atoms with E-state index in [-0.39, 0.29) is 49.0 Å². The minimum atomic E-state index is -0.978. The molecule has 0 spiro atoms. The molecule has 7 N–H and O–H groups in total. The number of rotatable bonds is 11. The minimum absolute atomic E-state index is 0.00289. The minimum Gasteiger partial charge on any atom is -0.516 e. The number of carbonyl (C=O) groups is 4. The van der Waals surface area contributed by atoms with E-state index in [9.17, 15) is 34.5 Å². The Kier molecular flexibility index (Phi) is 9.15. The van der Waals surface area contributed by atoms with E-state index in [1.165, 1.54) is 6.08 Å². The van der Waals surface area contributed by atoms with Gasteiger partial charge >= 0.3 is 11.9 Å². The molecule has 0 aromatic carbocycles. The van der Waals surface area contributed by atoms with Crippen molar-refractivity contribution in [3.05, 3.63) is 73.5 Å². The number of aromatic amines is 2. The third kappa shape index (κ3) is 6.65. The van der Waals surface area contributed by atoms with Gasteiger partial charge in [0, 0.05) is 69.4 Å². The Hall–Kier alpha value is -4.45. The van der Waals surface area contributed by atoms with Crippen LogP contribution in [0.2, 0.25) is 0 Å². The van der Waals surface area contributed by atoms with Crippen LogP contribution in [-0.2, 0) is 32.0 Å². The van der Waals surface area contributed by atoms with E-state index in [0.717, 1.165) is 51.4 Å². The molecular formula is C33H38N4O7S. The zero-order chi connectivity index (χ0) is 32.6. The summed E-state index contributed by atoms with van der Waals surface area (Å²) in [6.45, 7) is 7.59. The van der Waals surface area contributed by atoms with Crippen molar-refractivity contribution in [3.8, 4) is 0 Å². The average molecular weight is 635 g/mol. The maximum atomic E-state index is 12.6. The van der Waals surface area contributed by atoms with E-state index in [0.29, 0.717) is 33.5 Å². The van der Waals surface area contributed by atoms with Gasteiger partial charge in [0.1, 0.15) is 0 Å². The summed E-state index contributed by atoms with van der Waals surface area (Å²) in [6.07, 6.45) is 8.09. The number of aliphatic hydroxyl groups excluding tert-OH is 1. The smallest absolute Gasteiger partial charge is 0.307 e. The number of H-pyrrole nitrogens is 2. The van der Waals surface area contributed by atoms with Gasteiger partial charge in [-0.3, -0.25) is 19.2 Å². The number of carboxylic acids is 2. The highest BCUT2D eigenvalue weighted by molar-refractivity contribution is 8.06. The van der Waals surface area contributed by atoms with Crippen molar-refractivity contribution < 1.29 is 34.5 Å². The summed E-state index contributed by atoms with van der Waals surface area (Å²) in [4.78, 5) is 55.0. The van der Waals surface area contributed by atoms with Crippen LogP contribution in [0.1, 0.15) is 60.5 Å². The van der Waals surface area contributed by atoms with Crippen LogP contribution < -0.4 is 21.2 Å². The highest BCUT2D eigenvalue weighted by Gasteiger charge is 2.45. The number of aliphatic carboxylic acids is 2. The van der Waals surface area contributed by atoms with Crippen LogP contribution in [0, 0.1) is 25.7 Å². The molecule has 0 radical (unpaired) electrons. The number of thioether (sulfide) groups is 1. The summed E-state index contributed by atoms with van der Waals surface area (Å²) in [5.41, 5.74) is 6.85. The Morgan fingerprint density at radius 3 is 2.40 bits per heavy atom. The third-order valence-electron chi connectivity index (χ3n) is 9.03. The lowest BCUT2D eigenvalue weighted by molar-refractivity contribution is -0.137. The van der Waals surface area contributed by atoms with Crippen molar-refractivity contribution in [2.45, 2.75) is 64.7 Å². The molecule has 2 aromatic rings. The second-order valence-corrected chi connectivity index (χ2v) is 13.1. The molecule has 11 nitrogen and oxygen atoms in total. The van der Waals surface area contributed by atoms with Gasteiger partial charge in [-0.1, -0.05) is 13.0 Å². The van der Waals surface area contributed by atoms with Crippen LogP contribution in [0.15, 0.2) is 29.2 Å². The molecule has 45 heavy (non-hydrogen) atoms. The first-order chi connectivity index (χ1) is 21.4. The lowest BCUT2D eigenvalue weighted by Crippen LogP contribution is -2.30. The summed E-state index contributed by atoms with van der Waals surface area (Å²) in [5, 5.41) is 35.8. The molecule has 5 heterocycles. The van der Waals surface area contributed by atoms with E-state index in [2.05, 4.69) is 20.6 Å². The molecule has 238 valence electrons. The molecule has 0 aliphatic carbocycles. The topological polar surface area (TPSA) is 185 Å². The summed E-state index contributed by atoms with van der Waals surface area (Å²) >= 11 is 1.83. The van der Waals surface area contributed by atoms with Crippen molar-refractivity contribution >= 4 is 53.7 Å². The van der Waals surface area contributed by atoms with Crippen molar-refractivity contribution in [2.75, 3.05) is 5.75 Å². The fraction of sp³-hybridized carbons (Fsp3) is 0.394. The normalized spacial score (nSPS) is 24.8. The summed E-state index contributed by atoms with van der Waals surface area (Å²) in [6, 6.07) is -0.320. The predicted octanol–water partition coefficient (Wildman–Crippen LogP) is 2.33. The maximum absolute atomic E-state index is 12.6. The number of hydrogen-bond donors (Lipinski definition) is 7. The van der Waals surface area contributed by atoms with Gasteiger partial charge in [0.25, 0.3) is 5.91 Å². The Labute approximate surface area is 264 Å². The van der Waals surface area contributed by atoms with Crippen molar-refractivity contribution in [2.24, 2.45) is 11.8 Å². The van der Waals surface area contributed by atoms with Crippen molar-refractivity contribution in [3.63, 3.8) is 0 Å². The molecular weight excluding hydrogens is 596 g/mol. The fourth-order valence-corrected chi connectivity index (χ4v) is 7.26. The first-order valence-corrected chi connectivity index (χ1v) is 15.9. The van der Waals surface area contributed by atoms with Gasteiger partial charge in [-0.25, -0.2) is 0 Å². The zero-order valence-corrected chi connectivity index (χ0v) is 26.4. The lowest BCUT2D eigenvalue weighted by Gasteiger charge is -2.12. The van der Waals surface area contributed by atoms with Crippen molar-refractivity contribution in [1.82, 2.24) is 20.6 Å². The van der Waals surface area contributed by atoms with Crippen LogP contribution in [-0.4, -0.2) is 66.1 Å². The Balaban J connectivity index is 1.61. The number of carboxylic acid groups (broad SMARTS) is 2. The van der Waals surface area contributed by atoms with Gasteiger partial charge < -0.3 is 35.9 Å². The molecule has 0 unspecified atom stereocenters. The van der Waals surface area contributed by atoms with Crippen LogP contribution >= 0.6 is 11.8 Å². The van der Waals surface area contributed by atoms with E-state index >= 15 is 0 Å². The molecule has 0 saturated carbocycles. The number of amides is 2. The molecule has 4 atom stereocenters. The lowest BCUT2D eigenvalue weighted by atomic mass is 9.91. The molecule has 2 aromatic heterocycles. The largest absolute Gasteiger partial charge is 0.516 e. The number of aliphatic hydroxyl groups is 1. The van der Waals surface area contributed by atoms with Gasteiger partial charge in [-0.2, -0.15) is 11.8 Å². The SMILES string of the molecule is CC1=C(/C=C/O)C(=O)N[C@@H]1Cc1[nH]c(=C\c2[nH]c(/C=C3\NC(=O)[C@H](C)[C@H]3[C@H]3CS3)c(C)c2CCC(=O)O)/c(=C/CC(=O)O)c1C. The van der Waals surface area contributed by atoms with Gasteiger partial charge in [-0.15, -0.1) is 0 Å². The van der Waals surface area contributed by atoms with Crippen LogP contribution in [0.3, 0.4) is 0 Å². The molecule has 2 saturated heterocycles. The summed E-state index contributed by atoms with van der Waals surface area (Å²) < 4.78 is 0. The summed E-state index contributed by atoms with van der Waals surface area (Å²) in [5.74, 6) is -1.21. The second-order valence-electron chi connectivity index (χ2n) is 11.9. The Morgan fingerprint density at radius 1 is 1.02 bits per heavy atom. The quantitative estimate of drug-likeness (QED) is 0.145. The molecule has 5 rings (SSSR count). The molecule has 12 heteroatoms. The number of nitrogens with one attached hydrogen (secondary N) is 4. The number of hydrogen-bond acceptors (Lipinski definition) is 6. The molecule has 3 aliphatic rings. The molecule has 2 amide bonds. The van der Waals surface area contributed by atoms with Crippen molar-refractivity contribution in [1.29, 1.82) is 0 Å². The van der Waals surface area contributed by atoms with Crippen LogP contribution in [0.4, 0.5) is 0 Å². The Morgan fingerprint density at radius 2 is 1.76 bits per heavy atom. The average Bonchev–Trinajstić information content (AvgIpc) is 3.56. The monoisotopic (exact) mass is 634 g/mol. The van der Waals surface area contributed by atoms with E-state index in [4.69, 9.17) is 0 Å². The number of aromatic nitrogens is 2.